The van der Waals surface area contributed by atoms with Gasteiger partial charge in [-0.15, -0.1) is 0 Å². The minimum absolute atomic E-state index is 0. The van der Waals surface area contributed by atoms with Crippen LogP contribution in [0.1, 0.15) is 7.85 Å². The van der Waals surface area contributed by atoms with E-state index in [2.05, 4.69) is 4.65 Å². The number of hydrogen-bond acceptors (Lipinski definition) is 4. The summed E-state index contributed by atoms with van der Waals surface area (Å²) in [7, 11) is -2.21. The molecule has 0 bridgehead atoms. The average molecular weight is 178 g/mol. The molecule has 0 amide bonds. The van der Waals surface area contributed by atoms with Crippen molar-refractivity contribution in [3.8, 4) is 0 Å². The molecule has 2 N–H and O–H groups in total. The van der Waals surface area contributed by atoms with Crippen LogP contribution in [0.3, 0.4) is 0 Å². The zero-order chi connectivity index (χ0) is 8.15. The van der Waals surface area contributed by atoms with Gasteiger partial charge in [0.1, 0.15) is 0 Å². The second-order valence-electron chi connectivity index (χ2n) is 1.41. The van der Waals surface area contributed by atoms with E-state index in [9.17, 15) is 9.18 Å². The SMILES string of the molecule is O=C(CC(F)Cl)OB(O)O.[H-].[Li+]. The van der Waals surface area contributed by atoms with Crippen molar-refractivity contribution < 1.29 is 44.2 Å². The summed E-state index contributed by atoms with van der Waals surface area (Å²) < 4.78 is 15.4. The van der Waals surface area contributed by atoms with Crippen LogP contribution in [0.5, 0.6) is 0 Å². The summed E-state index contributed by atoms with van der Waals surface area (Å²) in [4.78, 5) is 10.2. The minimum atomic E-state index is -2.21. The molecule has 11 heavy (non-hydrogen) atoms. The molecule has 4 nitrogen and oxygen atoms in total. The summed E-state index contributed by atoms with van der Waals surface area (Å²) in [6.45, 7) is 0. The topological polar surface area (TPSA) is 66.8 Å². The number of alkyl halides is 2. The average Bonchev–Trinajstić information content (AvgIpc) is 1.58. The molecule has 1 unspecified atom stereocenters. The van der Waals surface area contributed by atoms with Crippen molar-refractivity contribution in [2.75, 3.05) is 0 Å². The fourth-order valence-electron chi connectivity index (χ4n) is 0.292. The van der Waals surface area contributed by atoms with Crippen LogP contribution in [0.25, 0.3) is 0 Å². The van der Waals surface area contributed by atoms with Gasteiger partial charge in [-0.2, -0.15) is 0 Å². The Kier molecular flexibility index (Phi) is 8.74. The van der Waals surface area contributed by atoms with Gasteiger partial charge >= 0.3 is 26.2 Å². The Hall–Kier alpha value is 0.272. The maximum atomic E-state index is 11.7. The molecule has 1 atom stereocenters. The van der Waals surface area contributed by atoms with Crippen LogP contribution in [0, 0.1) is 0 Å². The van der Waals surface area contributed by atoms with Gasteiger partial charge in [0, 0.05) is 0 Å². The van der Waals surface area contributed by atoms with Crippen LogP contribution in [0.4, 0.5) is 4.39 Å². The third-order valence-electron chi connectivity index (χ3n) is 0.558. The van der Waals surface area contributed by atoms with E-state index < -0.39 is 25.3 Å². The quantitative estimate of drug-likeness (QED) is 0.348. The molecule has 0 aromatic carbocycles. The van der Waals surface area contributed by atoms with E-state index in [0.29, 0.717) is 0 Å². The molecular formula is C3H6BClFLiO4. The Labute approximate surface area is 81.5 Å². The van der Waals surface area contributed by atoms with Gasteiger partial charge in [-0.1, -0.05) is 11.6 Å². The fourth-order valence-corrected chi connectivity index (χ4v) is 0.418. The maximum absolute atomic E-state index is 11.7. The number of halogens is 2. The minimum Gasteiger partial charge on any atom is -1.00 e. The van der Waals surface area contributed by atoms with Gasteiger partial charge in [0.15, 0.2) is 5.63 Å². The van der Waals surface area contributed by atoms with Gasteiger partial charge in [-0.3, -0.25) is 4.79 Å². The molecule has 0 heterocycles. The van der Waals surface area contributed by atoms with Gasteiger partial charge in [-0.25, -0.2) is 4.39 Å². The van der Waals surface area contributed by atoms with Crippen LogP contribution >= 0.6 is 11.6 Å². The van der Waals surface area contributed by atoms with E-state index in [1.54, 1.807) is 0 Å². The third-order valence-corrected chi connectivity index (χ3v) is 0.712. The number of carbonyl (C=O) groups excluding carboxylic acids is 1. The van der Waals surface area contributed by atoms with Crippen LogP contribution in [-0.2, 0) is 9.45 Å². The first-order valence-corrected chi connectivity index (χ1v) is 2.80. The van der Waals surface area contributed by atoms with Crippen molar-refractivity contribution in [2.24, 2.45) is 0 Å². The molecular weight excluding hydrogens is 172 g/mol. The molecule has 0 saturated carbocycles. The molecule has 8 heteroatoms. The van der Waals surface area contributed by atoms with E-state index in [1.165, 1.54) is 0 Å². The fraction of sp³-hybridized carbons (Fsp3) is 0.667. The van der Waals surface area contributed by atoms with Crippen molar-refractivity contribution in [2.45, 2.75) is 12.1 Å². The smallest absolute Gasteiger partial charge is 1.00 e. The summed E-state index contributed by atoms with van der Waals surface area (Å²) in [6.07, 6.45) is -0.695. The van der Waals surface area contributed by atoms with Crippen LogP contribution in [0.2, 0.25) is 0 Å². The van der Waals surface area contributed by atoms with E-state index in [-0.39, 0.29) is 20.3 Å². The number of rotatable bonds is 3. The van der Waals surface area contributed by atoms with E-state index in [4.69, 9.17) is 21.6 Å². The molecule has 0 aliphatic rings. The van der Waals surface area contributed by atoms with Crippen molar-refractivity contribution in [3.63, 3.8) is 0 Å². The standard InChI is InChI=1S/C3H5BClFO4.Li.H/c5-2(6)1-3(7)10-4(8)9;;/h2,8-9H,1H2;;/q;+1;-1. The zero-order valence-electron chi connectivity index (χ0n) is 6.83. The molecule has 0 aromatic rings. The molecule has 0 rings (SSSR count). The molecule has 0 aliphatic carbocycles. The monoisotopic (exact) mass is 178 g/mol. The van der Waals surface area contributed by atoms with Crippen molar-refractivity contribution in [1.82, 2.24) is 0 Å². The molecule has 0 aromatic heterocycles. The van der Waals surface area contributed by atoms with Crippen molar-refractivity contribution in [1.29, 1.82) is 0 Å². The van der Waals surface area contributed by atoms with Gasteiger partial charge < -0.3 is 16.1 Å². The zero-order valence-corrected chi connectivity index (χ0v) is 6.58. The van der Waals surface area contributed by atoms with Crippen LogP contribution < -0.4 is 18.9 Å². The Morgan fingerprint density at radius 3 is 2.55 bits per heavy atom. The maximum Gasteiger partial charge on any atom is 1.00 e. The summed E-state index contributed by atoms with van der Waals surface area (Å²) >= 11 is 4.73. The van der Waals surface area contributed by atoms with Crippen molar-refractivity contribution in [3.05, 3.63) is 0 Å². The van der Waals surface area contributed by atoms with Gasteiger partial charge in [-0.05, 0) is 0 Å². The third kappa shape index (κ3) is 10.3. The summed E-state index contributed by atoms with van der Waals surface area (Å²) in [6, 6.07) is 0. The molecule has 0 fully saturated rings. The van der Waals surface area contributed by atoms with E-state index in [1.807, 2.05) is 0 Å². The number of carbonyl (C=O) groups is 1. The normalized spacial score (nSPS) is 11.3. The summed E-state index contributed by atoms with van der Waals surface area (Å²) in [5, 5.41) is 16.0. The molecule has 0 aliphatic heterocycles. The molecule has 60 valence electrons. The molecule has 0 saturated heterocycles. The van der Waals surface area contributed by atoms with E-state index >= 15 is 0 Å². The second-order valence-corrected chi connectivity index (χ2v) is 1.88. The van der Waals surface area contributed by atoms with Gasteiger partial charge in [0.25, 0.3) is 5.97 Å². The predicted octanol–water partition coefficient (Wildman–Crippen LogP) is -3.46. The molecule has 0 spiro atoms. The summed E-state index contributed by atoms with van der Waals surface area (Å²) in [5.74, 6) is -1.10. The Bertz CT molecular complexity index is 117. The summed E-state index contributed by atoms with van der Waals surface area (Å²) in [5.41, 5.74) is -1.86. The molecule has 0 radical (unpaired) electrons. The second kappa shape index (κ2) is 6.95. The predicted molar refractivity (Wildman–Crippen MR) is 32.8 cm³/mol. The van der Waals surface area contributed by atoms with Crippen molar-refractivity contribution >= 4 is 24.9 Å². The van der Waals surface area contributed by atoms with Crippen LogP contribution in [0.15, 0.2) is 0 Å². The van der Waals surface area contributed by atoms with Gasteiger partial charge in [0.2, 0.25) is 0 Å². The van der Waals surface area contributed by atoms with Crippen LogP contribution in [-0.4, -0.2) is 29.0 Å². The van der Waals surface area contributed by atoms with Gasteiger partial charge in [0.05, 0.1) is 6.42 Å². The first-order chi connectivity index (χ1) is 4.52. The Morgan fingerprint density at radius 1 is 1.82 bits per heavy atom. The number of hydrogen-bond donors (Lipinski definition) is 2. The largest absolute Gasteiger partial charge is 1.00 e. The van der Waals surface area contributed by atoms with E-state index in [0.717, 1.165) is 0 Å². The Morgan fingerprint density at radius 2 is 2.27 bits per heavy atom. The first kappa shape index (κ1) is 13.8. The Balaban J connectivity index is -0.000000405. The first-order valence-electron chi connectivity index (χ1n) is 2.36.